The Bertz CT molecular complexity index is 865. The summed E-state index contributed by atoms with van der Waals surface area (Å²) in [5, 5.41) is 19.4. The Morgan fingerprint density at radius 2 is 1.00 bits per heavy atom. The van der Waals surface area contributed by atoms with Crippen molar-refractivity contribution < 1.29 is 24.3 Å². The molecular formula is C33H51NO4S. The van der Waals surface area contributed by atoms with Gasteiger partial charge in [0, 0.05) is 9.79 Å². The summed E-state index contributed by atoms with van der Waals surface area (Å²) in [4.78, 5) is 23.1. The van der Waals surface area contributed by atoms with E-state index < -0.39 is 11.9 Å². The molecule has 0 heterocycles. The second-order valence-corrected chi connectivity index (χ2v) is 12.5. The standard InChI is InChI=1S/C19H42N.C14H10O4S/c1-5-6-7-8-9-10-11-12-13-14-15-16-17-18-19-20(2,3)4;15-13(16)9-1-5-11(6-2-9)19-12-7-3-10(4-8-12)14(17)18/h5-19H2,1-4H3;1-8H,(H,15,16)(H,17,18)/q+1;/p-1. The predicted octanol–water partition coefficient (Wildman–Crippen LogP) is 8.07. The van der Waals surface area contributed by atoms with Crippen LogP contribution in [0, 0.1) is 0 Å². The van der Waals surface area contributed by atoms with E-state index >= 15 is 0 Å². The monoisotopic (exact) mass is 557 g/mol. The summed E-state index contributed by atoms with van der Waals surface area (Å²) in [6.07, 6.45) is 20.4. The quantitative estimate of drug-likeness (QED) is 0.140. The van der Waals surface area contributed by atoms with Crippen molar-refractivity contribution in [1.29, 1.82) is 0 Å². The zero-order valence-electron chi connectivity index (χ0n) is 24.8. The molecule has 0 unspecified atom stereocenters. The van der Waals surface area contributed by atoms with Crippen LogP contribution < -0.4 is 5.11 Å². The van der Waals surface area contributed by atoms with Crippen molar-refractivity contribution in [3.05, 3.63) is 59.7 Å². The van der Waals surface area contributed by atoms with E-state index in [2.05, 4.69) is 28.1 Å². The van der Waals surface area contributed by atoms with Gasteiger partial charge in [-0.2, -0.15) is 0 Å². The van der Waals surface area contributed by atoms with Gasteiger partial charge in [-0.15, -0.1) is 0 Å². The molecular weight excluding hydrogens is 506 g/mol. The molecule has 0 fully saturated rings. The Balaban J connectivity index is 0.000000390. The van der Waals surface area contributed by atoms with Crippen molar-refractivity contribution in [2.24, 2.45) is 0 Å². The highest BCUT2D eigenvalue weighted by Crippen LogP contribution is 2.28. The highest BCUT2D eigenvalue weighted by atomic mass is 32.2. The van der Waals surface area contributed by atoms with Crippen molar-refractivity contribution in [1.82, 2.24) is 0 Å². The van der Waals surface area contributed by atoms with Crippen LogP contribution in [0.25, 0.3) is 0 Å². The minimum absolute atomic E-state index is 0.130. The number of hydrogen-bond donors (Lipinski definition) is 1. The van der Waals surface area contributed by atoms with Crippen molar-refractivity contribution in [3.63, 3.8) is 0 Å². The number of benzene rings is 2. The molecule has 6 heteroatoms. The number of carbonyl (C=O) groups excluding carboxylic acids is 1. The number of hydrogen-bond acceptors (Lipinski definition) is 4. The van der Waals surface area contributed by atoms with E-state index in [0.717, 1.165) is 14.3 Å². The average Bonchev–Trinajstić information content (AvgIpc) is 2.89. The average molecular weight is 558 g/mol. The lowest BCUT2D eigenvalue weighted by Crippen LogP contribution is -2.35. The molecule has 2 aromatic rings. The highest BCUT2D eigenvalue weighted by Gasteiger charge is 2.05. The molecule has 218 valence electrons. The fourth-order valence-electron chi connectivity index (χ4n) is 4.24. The molecule has 0 saturated carbocycles. The first kappa shape index (κ1) is 34.7. The molecule has 5 nitrogen and oxygen atoms in total. The van der Waals surface area contributed by atoms with Gasteiger partial charge in [-0.25, -0.2) is 4.79 Å². The number of quaternary nitrogens is 1. The molecule has 0 aliphatic heterocycles. The molecule has 0 aliphatic rings. The van der Waals surface area contributed by atoms with E-state index in [1.165, 1.54) is 132 Å². The van der Waals surface area contributed by atoms with Crippen molar-refractivity contribution in [2.75, 3.05) is 27.7 Å². The SMILES string of the molecule is CCCCCCCCCCCCCCCC[N+](C)(C)C.O=C([O-])c1ccc(Sc2ccc(C(=O)O)cc2)cc1. The molecule has 0 bridgehead atoms. The number of carboxylic acids is 2. The van der Waals surface area contributed by atoms with Crippen LogP contribution in [0.1, 0.15) is 118 Å². The van der Waals surface area contributed by atoms with E-state index in [1.54, 1.807) is 24.3 Å². The Morgan fingerprint density at radius 3 is 1.33 bits per heavy atom. The van der Waals surface area contributed by atoms with E-state index in [1.807, 2.05) is 0 Å². The van der Waals surface area contributed by atoms with Crippen LogP contribution >= 0.6 is 11.8 Å². The molecule has 0 aromatic heterocycles. The fraction of sp³-hybridized carbons (Fsp3) is 0.576. The first-order valence-electron chi connectivity index (χ1n) is 14.8. The molecule has 1 N–H and O–H groups in total. The van der Waals surface area contributed by atoms with Gasteiger partial charge in [0.1, 0.15) is 0 Å². The maximum absolute atomic E-state index is 10.7. The van der Waals surface area contributed by atoms with E-state index in [9.17, 15) is 14.7 Å². The third kappa shape index (κ3) is 18.6. The molecule has 0 amide bonds. The highest BCUT2D eigenvalue weighted by molar-refractivity contribution is 7.99. The third-order valence-electron chi connectivity index (χ3n) is 6.61. The Morgan fingerprint density at radius 1 is 0.641 bits per heavy atom. The summed E-state index contributed by atoms with van der Waals surface area (Å²) in [7, 11) is 6.88. The van der Waals surface area contributed by atoms with Gasteiger partial charge in [0.15, 0.2) is 0 Å². The van der Waals surface area contributed by atoms with Crippen LogP contribution in [0.3, 0.4) is 0 Å². The predicted molar refractivity (Wildman–Crippen MR) is 162 cm³/mol. The topological polar surface area (TPSA) is 77.4 Å². The number of nitrogens with zero attached hydrogens (tertiary/aromatic N) is 1. The zero-order chi connectivity index (χ0) is 28.9. The molecule has 39 heavy (non-hydrogen) atoms. The van der Waals surface area contributed by atoms with E-state index in [-0.39, 0.29) is 11.1 Å². The van der Waals surface area contributed by atoms with Gasteiger partial charge < -0.3 is 19.5 Å². The first-order valence-corrected chi connectivity index (χ1v) is 15.6. The number of aromatic carboxylic acids is 2. The van der Waals surface area contributed by atoms with Crippen LogP contribution in [-0.2, 0) is 0 Å². The third-order valence-corrected chi connectivity index (χ3v) is 7.63. The van der Waals surface area contributed by atoms with E-state index in [4.69, 9.17) is 5.11 Å². The van der Waals surface area contributed by atoms with Crippen LogP contribution in [0.2, 0.25) is 0 Å². The van der Waals surface area contributed by atoms with Gasteiger partial charge >= 0.3 is 5.97 Å². The van der Waals surface area contributed by atoms with Crippen LogP contribution in [0.5, 0.6) is 0 Å². The van der Waals surface area contributed by atoms with Gasteiger partial charge in [-0.05, 0) is 54.8 Å². The smallest absolute Gasteiger partial charge is 0.335 e. The maximum Gasteiger partial charge on any atom is 0.335 e. The second-order valence-electron chi connectivity index (χ2n) is 11.4. The summed E-state index contributed by atoms with van der Waals surface area (Å²) in [6.45, 7) is 3.63. The summed E-state index contributed by atoms with van der Waals surface area (Å²) in [5.74, 6) is -2.17. The lowest BCUT2D eigenvalue weighted by atomic mass is 10.0. The van der Waals surface area contributed by atoms with Crippen LogP contribution in [0.4, 0.5) is 0 Å². The minimum atomic E-state index is -1.21. The molecule has 0 aliphatic carbocycles. The lowest BCUT2D eigenvalue weighted by molar-refractivity contribution is -0.870. The normalized spacial score (nSPS) is 11.1. The fourth-order valence-corrected chi connectivity index (χ4v) is 5.06. The Labute approximate surface area is 241 Å². The van der Waals surface area contributed by atoms with Crippen LogP contribution in [-0.4, -0.2) is 49.2 Å². The maximum atomic E-state index is 10.7. The minimum Gasteiger partial charge on any atom is -0.545 e. The van der Waals surface area contributed by atoms with Crippen molar-refractivity contribution >= 4 is 23.7 Å². The second kappa shape index (κ2) is 20.6. The van der Waals surface area contributed by atoms with Crippen molar-refractivity contribution in [2.45, 2.75) is 107 Å². The van der Waals surface area contributed by atoms with Gasteiger partial charge in [0.2, 0.25) is 0 Å². The number of rotatable bonds is 19. The number of unbranched alkanes of at least 4 members (excludes halogenated alkanes) is 13. The summed E-state index contributed by atoms with van der Waals surface area (Å²) in [5.41, 5.74) is 0.363. The number of carbonyl (C=O) groups is 2. The Kier molecular flexibility index (Phi) is 18.3. The van der Waals surface area contributed by atoms with Gasteiger partial charge in [-0.3, -0.25) is 0 Å². The molecule has 2 rings (SSSR count). The molecule has 0 radical (unpaired) electrons. The van der Waals surface area contributed by atoms with E-state index in [0.29, 0.717) is 0 Å². The van der Waals surface area contributed by atoms with Crippen LogP contribution in [0.15, 0.2) is 58.3 Å². The number of carboxylic acid groups (broad SMARTS) is 2. The largest absolute Gasteiger partial charge is 0.545 e. The van der Waals surface area contributed by atoms with Gasteiger partial charge in [-0.1, -0.05) is 108 Å². The molecule has 2 aromatic carbocycles. The molecule has 0 saturated heterocycles. The summed E-state index contributed by atoms with van der Waals surface area (Å²) >= 11 is 1.42. The zero-order valence-corrected chi connectivity index (χ0v) is 25.6. The molecule has 0 atom stereocenters. The van der Waals surface area contributed by atoms with Gasteiger partial charge in [0.05, 0.1) is 39.2 Å². The Hall–Kier alpha value is -2.31. The lowest BCUT2D eigenvalue weighted by Gasteiger charge is -2.23. The van der Waals surface area contributed by atoms with Gasteiger partial charge in [0.25, 0.3) is 0 Å². The van der Waals surface area contributed by atoms with Crippen molar-refractivity contribution in [3.8, 4) is 0 Å². The first-order chi connectivity index (χ1) is 18.6. The summed E-state index contributed by atoms with van der Waals surface area (Å²) in [6, 6.07) is 12.8. The molecule has 0 spiro atoms. The summed E-state index contributed by atoms with van der Waals surface area (Å²) < 4.78 is 1.12.